The Balaban J connectivity index is 3.36. The molecule has 0 bridgehead atoms. The zero-order chi connectivity index (χ0) is 7.28. The second-order valence-corrected chi connectivity index (χ2v) is 2.10. The summed E-state index contributed by atoms with van der Waals surface area (Å²) >= 11 is 0. The average molecular weight is 128 g/mol. The molecule has 0 aromatic heterocycles. The number of hydrogen-bond donors (Lipinski definition) is 1. The van der Waals surface area contributed by atoms with E-state index in [4.69, 9.17) is 5.11 Å². The van der Waals surface area contributed by atoms with Gasteiger partial charge in [0.15, 0.2) is 5.78 Å². The van der Waals surface area contributed by atoms with Gasteiger partial charge in [0, 0.05) is 0 Å². The third kappa shape index (κ3) is 7.37. The number of carbonyl (C=O) groups excluding carboxylic acids is 1. The summed E-state index contributed by atoms with van der Waals surface area (Å²) in [6.45, 7) is 3.17. The van der Waals surface area contributed by atoms with Gasteiger partial charge in [0.05, 0.1) is 6.10 Å². The fraction of sp³-hybridized carbons (Fsp3) is 0.571. The van der Waals surface area contributed by atoms with Crippen molar-refractivity contribution in [3.63, 3.8) is 0 Å². The monoisotopic (exact) mass is 128 g/mol. The van der Waals surface area contributed by atoms with E-state index >= 15 is 0 Å². The SMILES string of the molecule is CC(=O)/C=C/C[C@H](C)O. The van der Waals surface area contributed by atoms with E-state index in [-0.39, 0.29) is 11.9 Å². The van der Waals surface area contributed by atoms with Crippen LogP contribution in [0.25, 0.3) is 0 Å². The molecule has 0 unspecified atom stereocenters. The molecule has 0 saturated carbocycles. The molecule has 0 spiro atoms. The van der Waals surface area contributed by atoms with E-state index in [1.165, 1.54) is 13.0 Å². The Labute approximate surface area is 55.2 Å². The maximum absolute atomic E-state index is 10.3. The van der Waals surface area contributed by atoms with Crippen molar-refractivity contribution in [1.29, 1.82) is 0 Å². The number of aliphatic hydroxyl groups is 1. The molecular formula is C7H12O2. The first-order valence-electron chi connectivity index (χ1n) is 2.98. The quantitative estimate of drug-likeness (QED) is 0.573. The summed E-state index contributed by atoms with van der Waals surface area (Å²) in [6, 6.07) is 0. The lowest BCUT2D eigenvalue weighted by Crippen LogP contribution is -1.95. The van der Waals surface area contributed by atoms with Crippen molar-refractivity contribution < 1.29 is 9.90 Å². The van der Waals surface area contributed by atoms with E-state index in [2.05, 4.69) is 0 Å². The van der Waals surface area contributed by atoms with E-state index in [1.807, 2.05) is 0 Å². The molecule has 0 amide bonds. The van der Waals surface area contributed by atoms with Gasteiger partial charge in [0.25, 0.3) is 0 Å². The molecule has 0 fully saturated rings. The van der Waals surface area contributed by atoms with Crippen LogP contribution in [-0.2, 0) is 4.79 Å². The highest BCUT2D eigenvalue weighted by atomic mass is 16.3. The predicted octanol–water partition coefficient (Wildman–Crippen LogP) is 0.902. The molecular weight excluding hydrogens is 116 g/mol. The van der Waals surface area contributed by atoms with Gasteiger partial charge >= 0.3 is 0 Å². The van der Waals surface area contributed by atoms with Crippen LogP contribution in [0.2, 0.25) is 0 Å². The molecule has 0 aromatic carbocycles. The van der Waals surface area contributed by atoms with Crippen molar-refractivity contribution in [3.8, 4) is 0 Å². The van der Waals surface area contributed by atoms with Crippen molar-refractivity contribution in [2.45, 2.75) is 26.4 Å². The third-order valence-electron chi connectivity index (χ3n) is 0.830. The molecule has 0 radical (unpaired) electrons. The minimum atomic E-state index is -0.347. The fourth-order valence-electron chi connectivity index (χ4n) is 0.431. The molecule has 0 aliphatic carbocycles. The van der Waals surface area contributed by atoms with Gasteiger partial charge < -0.3 is 5.11 Å². The van der Waals surface area contributed by atoms with Crippen LogP contribution in [0.4, 0.5) is 0 Å². The Hall–Kier alpha value is -0.630. The van der Waals surface area contributed by atoms with Crippen LogP contribution in [0.3, 0.4) is 0 Å². The van der Waals surface area contributed by atoms with Gasteiger partial charge in [-0.3, -0.25) is 4.79 Å². The van der Waals surface area contributed by atoms with E-state index in [9.17, 15) is 4.79 Å². The fourth-order valence-corrected chi connectivity index (χ4v) is 0.431. The summed E-state index contributed by atoms with van der Waals surface area (Å²) in [5, 5.41) is 8.70. The van der Waals surface area contributed by atoms with Crippen molar-refractivity contribution in [1.82, 2.24) is 0 Å². The molecule has 2 heteroatoms. The zero-order valence-corrected chi connectivity index (χ0v) is 5.79. The van der Waals surface area contributed by atoms with Crippen LogP contribution in [0, 0.1) is 0 Å². The minimum absolute atomic E-state index is 0.0238. The number of rotatable bonds is 3. The normalized spacial score (nSPS) is 14.1. The van der Waals surface area contributed by atoms with Gasteiger partial charge in [-0.1, -0.05) is 6.08 Å². The summed E-state index contributed by atoms with van der Waals surface area (Å²) in [7, 11) is 0. The largest absolute Gasteiger partial charge is 0.393 e. The second kappa shape index (κ2) is 4.27. The number of aliphatic hydroxyl groups excluding tert-OH is 1. The van der Waals surface area contributed by atoms with Gasteiger partial charge in [0.2, 0.25) is 0 Å². The number of allylic oxidation sites excluding steroid dienone is 1. The Morgan fingerprint density at radius 1 is 1.78 bits per heavy atom. The predicted molar refractivity (Wildman–Crippen MR) is 36.1 cm³/mol. The maximum atomic E-state index is 10.3. The molecule has 0 saturated heterocycles. The lowest BCUT2D eigenvalue weighted by molar-refractivity contribution is -0.112. The van der Waals surface area contributed by atoms with Gasteiger partial charge in [-0.25, -0.2) is 0 Å². The maximum Gasteiger partial charge on any atom is 0.152 e. The topological polar surface area (TPSA) is 37.3 Å². The molecule has 1 atom stereocenters. The first-order chi connectivity index (χ1) is 4.13. The molecule has 0 aromatic rings. The average Bonchev–Trinajstić information content (AvgIpc) is 1.63. The first-order valence-corrected chi connectivity index (χ1v) is 2.98. The van der Waals surface area contributed by atoms with Crippen LogP contribution < -0.4 is 0 Å². The lowest BCUT2D eigenvalue weighted by atomic mass is 10.2. The number of ketones is 1. The smallest absolute Gasteiger partial charge is 0.152 e. The Bertz CT molecular complexity index is 114. The summed E-state index contributed by atoms with van der Waals surface area (Å²) < 4.78 is 0. The summed E-state index contributed by atoms with van der Waals surface area (Å²) in [6.07, 6.45) is 3.35. The minimum Gasteiger partial charge on any atom is -0.393 e. The van der Waals surface area contributed by atoms with E-state index in [0.29, 0.717) is 6.42 Å². The van der Waals surface area contributed by atoms with Crippen LogP contribution in [0.1, 0.15) is 20.3 Å². The molecule has 0 aliphatic heterocycles. The molecule has 9 heavy (non-hydrogen) atoms. The van der Waals surface area contributed by atoms with E-state index < -0.39 is 0 Å². The highest BCUT2D eigenvalue weighted by Gasteiger charge is 1.88. The lowest BCUT2D eigenvalue weighted by Gasteiger charge is -1.94. The van der Waals surface area contributed by atoms with Crippen molar-refractivity contribution in [2.75, 3.05) is 0 Å². The number of carbonyl (C=O) groups is 1. The molecule has 1 N–H and O–H groups in total. The molecule has 52 valence electrons. The van der Waals surface area contributed by atoms with Crippen molar-refractivity contribution in [3.05, 3.63) is 12.2 Å². The van der Waals surface area contributed by atoms with Crippen molar-refractivity contribution in [2.24, 2.45) is 0 Å². The van der Waals surface area contributed by atoms with Crippen LogP contribution in [0.5, 0.6) is 0 Å². The van der Waals surface area contributed by atoms with Crippen LogP contribution >= 0.6 is 0 Å². The second-order valence-electron chi connectivity index (χ2n) is 2.10. The molecule has 0 heterocycles. The first kappa shape index (κ1) is 8.37. The number of hydrogen-bond acceptors (Lipinski definition) is 2. The molecule has 2 nitrogen and oxygen atoms in total. The third-order valence-corrected chi connectivity index (χ3v) is 0.830. The highest BCUT2D eigenvalue weighted by Crippen LogP contribution is 1.90. The summed E-state index contributed by atoms with van der Waals surface area (Å²) in [5.41, 5.74) is 0. The zero-order valence-electron chi connectivity index (χ0n) is 5.79. The van der Waals surface area contributed by atoms with Crippen LogP contribution in [-0.4, -0.2) is 17.0 Å². The Kier molecular flexibility index (Phi) is 3.97. The summed E-state index contributed by atoms with van der Waals surface area (Å²) in [5.74, 6) is 0.0238. The summed E-state index contributed by atoms with van der Waals surface area (Å²) in [4.78, 5) is 10.3. The van der Waals surface area contributed by atoms with Gasteiger partial charge in [0.1, 0.15) is 0 Å². The van der Waals surface area contributed by atoms with E-state index in [1.54, 1.807) is 13.0 Å². The van der Waals surface area contributed by atoms with Gasteiger partial charge in [-0.2, -0.15) is 0 Å². The Morgan fingerprint density at radius 2 is 2.33 bits per heavy atom. The van der Waals surface area contributed by atoms with Crippen LogP contribution in [0.15, 0.2) is 12.2 Å². The standard InChI is InChI=1S/C7H12O2/c1-6(8)4-3-5-7(2)9/h3-4,7,9H,5H2,1-2H3/b4-3+/t7-/m0/s1. The van der Waals surface area contributed by atoms with Gasteiger partial charge in [-0.05, 0) is 26.3 Å². The molecule has 0 rings (SSSR count). The van der Waals surface area contributed by atoms with Crippen molar-refractivity contribution >= 4 is 5.78 Å². The van der Waals surface area contributed by atoms with E-state index in [0.717, 1.165) is 0 Å². The Morgan fingerprint density at radius 3 is 2.67 bits per heavy atom. The molecule has 0 aliphatic rings. The highest BCUT2D eigenvalue weighted by molar-refractivity contribution is 5.87. The van der Waals surface area contributed by atoms with Gasteiger partial charge in [-0.15, -0.1) is 0 Å².